The number of ether oxygens (including phenoxy) is 1. The minimum Gasteiger partial charge on any atom is -0.406 e. The number of alkyl halides is 3. The van der Waals surface area contributed by atoms with E-state index < -0.39 is 6.36 Å². The largest absolute Gasteiger partial charge is 0.573 e. The molecule has 0 fully saturated rings. The van der Waals surface area contributed by atoms with Crippen LogP contribution in [0.2, 0.25) is 5.02 Å². The maximum Gasteiger partial charge on any atom is 0.573 e. The molecule has 0 unspecified atom stereocenters. The molecule has 2 heterocycles. The Kier molecular flexibility index (Phi) is 3.58. The van der Waals surface area contributed by atoms with E-state index in [4.69, 9.17) is 11.6 Å². The highest BCUT2D eigenvalue weighted by Crippen LogP contribution is 2.31. The number of rotatable bonds is 2. The van der Waals surface area contributed by atoms with E-state index in [1.165, 1.54) is 18.2 Å². The SMILES string of the molecule is FC(F)(F)Oc1ccc2[nH]c(-c3cc4c(Cl)cccc4cn3)cc2c1. The van der Waals surface area contributed by atoms with Gasteiger partial charge in [0.15, 0.2) is 0 Å². The molecule has 3 nitrogen and oxygen atoms in total. The Labute approximate surface area is 145 Å². The monoisotopic (exact) mass is 362 g/mol. The van der Waals surface area contributed by atoms with Crippen LogP contribution in [0.1, 0.15) is 0 Å². The molecule has 0 saturated heterocycles. The summed E-state index contributed by atoms with van der Waals surface area (Å²) in [5.74, 6) is -0.264. The Morgan fingerprint density at radius 2 is 1.84 bits per heavy atom. The van der Waals surface area contributed by atoms with Crippen LogP contribution >= 0.6 is 11.6 Å². The molecule has 126 valence electrons. The van der Waals surface area contributed by atoms with Gasteiger partial charge in [0.25, 0.3) is 0 Å². The molecule has 0 atom stereocenters. The van der Waals surface area contributed by atoms with Gasteiger partial charge in [-0.15, -0.1) is 13.2 Å². The van der Waals surface area contributed by atoms with Crippen LogP contribution in [0.5, 0.6) is 5.75 Å². The first-order valence-electron chi connectivity index (χ1n) is 7.32. The molecule has 0 aliphatic rings. The molecule has 0 saturated carbocycles. The van der Waals surface area contributed by atoms with Gasteiger partial charge in [-0.3, -0.25) is 4.98 Å². The van der Waals surface area contributed by atoms with Crippen LogP contribution in [0, 0.1) is 0 Å². The molecule has 0 aliphatic carbocycles. The number of H-pyrrole nitrogens is 1. The average molecular weight is 363 g/mol. The van der Waals surface area contributed by atoms with Gasteiger partial charge in [-0.05, 0) is 36.4 Å². The zero-order chi connectivity index (χ0) is 17.6. The van der Waals surface area contributed by atoms with E-state index in [0.717, 1.165) is 10.8 Å². The van der Waals surface area contributed by atoms with Gasteiger partial charge >= 0.3 is 6.36 Å². The topological polar surface area (TPSA) is 37.9 Å². The highest BCUT2D eigenvalue weighted by molar-refractivity contribution is 6.35. The molecule has 1 N–H and O–H groups in total. The predicted molar refractivity (Wildman–Crippen MR) is 90.7 cm³/mol. The van der Waals surface area contributed by atoms with Gasteiger partial charge in [-0.25, -0.2) is 0 Å². The molecule has 0 spiro atoms. The minimum atomic E-state index is -4.72. The Balaban J connectivity index is 1.78. The van der Waals surface area contributed by atoms with Gasteiger partial charge in [-0.1, -0.05) is 23.7 Å². The van der Waals surface area contributed by atoms with Crippen molar-refractivity contribution in [3.05, 3.63) is 59.8 Å². The fraction of sp³-hybridized carbons (Fsp3) is 0.0556. The molecule has 0 amide bonds. The Morgan fingerprint density at radius 3 is 2.64 bits per heavy atom. The van der Waals surface area contributed by atoms with Crippen LogP contribution in [0.25, 0.3) is 33.1 Å². The van der Waals surface area contributed by atoms with Crippen molar-refractivity contribution in [3.8, 4) is 17.1 Å². The number of halogens is 4. The molecule has 0 radical (unpaired) electrons. The molecular formula is C18H10ClF3N2O. The van der Waals surface area contributed by atoms with E-state index in [2.05, 4.69) is 14.7 Å². The smallest absolute Gasteiger partial charge is 0.406 e. The van der Waals surface area contributed by atoms with E-state index in [0.29, 0.717) is 27.3 Å². The standard InChI is InChI=1S/C18H10ClF3N2O/c19-14-3-1-2-10-9-23-16(8-13(10)14)17-7-11-6-12(25-18(20,21)22)4-5-15(11)24-17/h1-9,24H. The minimum absolute atomic E-state index is 0.264. The summed E-state index contributed by atoms with van der Waals surface area (Å²) in [5.41, 5.74) is 2.02. The molecule has 0 bridgehead atoms. The number of aromatic amines is 1. The zero-order valence-electron chi connectivity index (χ0n) is 12.6. The second-order valence-electron chi connectivity index (χ2n) is 5.51. The number of nitrogens with zero attached hydrogens (tertiary/aromatic N) is 1. The lowest BCUT2D eigenvalue weighted by molar-refractivity contribution is -0.274. The normalized spacial score (nSPS) is 12.0. The van der Waals surface area contributed by atoms with E-state index >= 15 is 0 Å². The third-order valence-corrected chi connectivity index (χ3v) is 4.14. The third-order valence-electron chi connectivity index (χ3n) is 3.81. The Hall–Kier alpha value is -2.73. The van der Waals surface area contributed by atoms with E-state index in [1.54, 1.807) is 18.3 Å². The molecule has 7 heteroatoms. The van der Waals surface area contributed by atoms with Crippen LogP contribution in [-0.2, 0) is 0 Å². The van der Waals surface area contributed by atoms with Crippen molar-refractivity contribution >= 4 is 33.3 Å². The third kappa shape index (κ3) is 3.13. The number of aromatic nitrogens is 2. The van der Waals surface area contributed by atoms with Crippen molar-refractivity contribution in [1.82, 2.24) is 9.97 Å². The van der Waals surface area contributed by atoms with Gasteiger partial charge < -0.3 is 9.72 Å². The van der Waals surface area contributed by atoms with E-state index in [1.807, 2.05) is 18.2 Å². The van der Waals surface area contributed by atoms with Gasteiger partial charge in [0, 0.05) is 32.9 Å². The first-order chi connectivity index (χ1) is 11.9. The number of nitrogens with one attached hydrogen (secondary N) is 1. The summed E-state index contributed by atoms with van der Waals surface area (Å²) in [5, 5.41) is 2.97. The van der Waals surface area contributed by atoms with Gasteiger partial charge in [0.1, 0.15) is 5.75 Å². The molecule has 2 aromatic carbocycles. The predicted octanol–water partition coefficient (Wildman–Crippen LogP) is 5.94. The van der Waals surface area contributed by atoms with Crippen LogP contribution in [0.15, 0.2) is 54.7 Å². The summed E-state index contributed by atoms with van der Waals surface area (Å²) in [6.07, 6.45) is -3.01. The summed E-state index contributed by atoms with van der Waals surface area (Å²) in [6.45, 7) is 0. The summed E-state index contributed by atoms with van der Waals surface area (Å²) < 4.78 is 41.0. The zero-order valence-corrected chi connectivity index (χ0v) is 13.3. The number of fused-ring (bicyclic) bond motifs is 2. The van der Waals surface area contributed by atoms with Crippen molar-refractivity contribution in [2.45, 2.75) is 6.36 Å². The van der Waals surface area contributed by atoms with Crippen LogP contribution in [0.4, 0.5) is 13.2 Å². The first-order valence-corrected chi connectivity index (χ1v) is 7.70. The number of pyridine rings is 1. The van der Waals surface area contributed by atoms with Crippen LogP contribution in [0.3, 0.4) is 0 Å². The summed E-state index contributed by atoms with van der Waals surface area (Å²) >= 11 is 6.22. The van der Waals surface area contributed by atoms with Gasteiger partial charge in [-0.2, -0.15) is 0 Å². The lowest BCUT2D eigenvalue weighted by atomic mass is 10.1. The molecule has 4 rings (SSSR count). The lowest BCUT2D eigenvalue weighted by Gasteiger charge is -2.08. The molecule has 2 aromatic heterocycles. The number of hydrogen-bond acceptors (Lipinski definition) is 2. The van der Waals surface area contributed by atoms with Crippen molar-refractivity contribution in [1.29, 1.82) is 0 Å². The quantitative estimate of drug-likeness (QED) is 0.479. The second-order valence-corrected chi connectivity index (χ2v) is 5.92. The van der Waals surface area contributed by atoms with E-state index in [-0.39, 0.29) is 5.75 Å². The molecule has 0 aliphatic heterocycles. The van der Waals surface area contributed by atoms with E-state index in [9.17, 15) is 13.2 Å². The first kappa shape index (κ1) is 15.8. The maximum atomic E-state index is 12.3. The average Bonchev–Trinajstić information content (AvgIpc) is 2.97. The Bertz CT molecular complexity index is 1090. The fourth-order valence-corrected chi connectivity index (χ4v) is 2.96. The summed E-state index contributed by atoms with van der Waals surface area (Å²) in [7, 11) is 0. The van der Waals surface area contributed by atoms with Crippen molar-refractivity contribution in [2.24, 2.45) is 0 Å². The van der Waals surface area contributed by atoms with Crippen LogP contribution < -0.4 is 4.74 Å². The lowest BCUT2D eigenvalue weighted by Crippen LogP contribution is -2.16. The van der Waals surface area contributed by atoms with Crippen LogP contribution in [-0.4, -0.2) is 16.3 Å². The van der Waals surface area contributed by atoms with Gasteiger partial charge in [0.2, 0.25) is 0 Å². The van der Waals surface area contributed by atoms with Crippen molar-refractivity contribution < 1.29 is 17.9 Å². The summed E-state index contributed by atoms with van der Waals surface area (Å²) in [4.78, 5) is 7.54. The highest BCUT2D eigenvalue weighted by Gasteiger charge is 2.31. The van der Waals surface area contributed by atoms with Crippen molar-refractivity contribution in [3.63, 3.8) is 0 Å². The Morgan fingerprint density at radius 1 is 1.00 bits per heavy atom. The molecule has 25 heavy (non-hydrogen) atoms. The maximum absolute atomic E-state index is 12.3. The number of benzene rings is 2. The molecular weight excluding hydrogens is 353 g/mol. The van der Waals surface area contributed by atoms with Gasteiger partial charge in [0.05, 0.1) is 11.4 Å². The second kappa shape index (κ2) is 5.67. The van der Waals surface area contributed by atoms with Crippen molar-refractivity contribution in [2.75, 3.05) is 0 Å². The number of hydrogen-bond donors (Lipinski definition) is 1. The highest BCUT2D eigenvalue weighted by atomic mass is 35.5. The fourth-order valence-electron chi connectivity index (χ4n) is 2.72. The summed E-state index contributed by atoms with van der Waals surface area (Å²) in [6, 6.07) is 13.2. The molecule has 4 aromatic rings.